The molecule has 0 aliphatic rings. The topological polar surface area (TPSA) is 122 Å². The Morgan fingerprint density at radius 1 is 1.39 bits per heavy atom. The molecule has 2 atom stereocenters. The normalized spacial score (nSPS) is 14.1. The fourth-order valence-electron chi connectivity index (χ4n) is 1.50. The molecule has 3 N–H and O–H groups in total. The molecule has 7 heteroatoms. The van der Waals surface area contributed by atoms with E-state index in [1.807, 2.05) is 0 Å². The van der Waals surface area contributed by atoms with Gasteiger partial charge in [-0.15, -0.1) is 0 Å². The van der Waals surface area contributed by atoms with Gasteiger partial charge in [0.05, 0.1) is 12.3 Å². The third-order valence-electron chi connectivity index (χ3n) is 2.41. The predicted molar refractivity (Wildman–Crippen MR) is 65.4 cm³/mol. The summed E-state index contributed by atoms with van der Waals surface area (Å²) in [6.07, 6.45) is -0.700. The van der Waals surface area contributed by atoms with Crippen molar-refractivity contribution in [1.82, 2.24) is 0 Å². The summed E-state index contributed by atoms with van der Waals surface area (Å²) in [6, 6.07) is 6.62. The number of hydrogen-bond acceptors (Lipinski definition) is 5. The molecule has 0 spiro atoms. The molecule has 0 amide bonds. The van der Waals surface area contributed by atoms with Crippen molar-refractivity contribution in [3.63, 3.8) is 0 Å². The van der Waals surface area contributed by atoms with Crippen molar-refractivity contribution in [2.75, 3.05) is 6.54 Å². The lowest BCUT2D eigenvalue weighted by atomic mass is 10.0. The van der Waals surface area contributed by atoms with Crippen LogP contribution in [0.4, 0.5) is 0 Å². The Balaban J connectivity index is 2.72. The zero-order valence-corrected chi connectivity index (χ0v) is 9.59. The quantitative estimate of drug-likeness (QED) is 0.177. The molecule has 1 rings (SSSR count). The highest BCUT2D eigenvalue weighted by Gasteiger charge is 2.17. The van der Waals surface area contributed by atoms with Crippen LogP contribution in [-0.4, -0.2) is 34.3 Å². The second kappa shape index (κ2) is 7.29. The van der Waals surface area contributed by atoms with Crippen LogP contribution in [0.3, 0.4) is 0 Å². The number of aliphatic hydroxyl groups is 2. The number of rotatable bonds is 6. The Morgan fingerprint density at radius 2 is 2.17 bits per heavy atom. The summed E-state index contributed by atoms with van der Waals surface area (Å²) in [6.45, 7) is 0.118. The van der Waals surface area contributed by atoms with Crippen molar-refractivity contribution in [3.05, 3.63) is 45.8 Å². The van der Waals surface area contributed by atoms with E-state index in [9.17, 15) is 10.2 Å². The minimum Gasteiger partial charge on any atom is -0.411 e. The summed E-state index contributed by atoms with van der Waals surface area (Å²) in [5.41, 5.74) is 9.21. The lowest BCUT2D eigenvalue weighted by molar-refractivity contribution is 0.0150. The first-order chi connectivity index (χ1) is 8.69. The molecule has 0 heterocycles. The molecule has 1 aromatic carbocycles. The van der Waals surface area contributed by atoms with E-state index >= 15 is 0 Å². The Kier molecular flexibility index (Phi) is 5.66. The first-order valence-electron chi connectivity index (χ1n) is 5.33. The average molecular weight is 250 g/mol. The van der Waals surface area contributed by atoms with Crippen molar-refractivity contribution in [2.24, 2.45) is 10.3 Å². The van der Waals surface area contributed by atoms with Crippen molar-refractivity contribution < 1.29 is 15.4 Å². The van der Waals surface area contributed by atoms with Crippen molar-refractivity contribution in [1.29, 1.82) is 0 Å². The first kappa shape index (κ1) is 14.0. The van der Waals surface area contributed by atoms with Gasteiger partial charge in [0.25, 0.3) is 0 Å². The van der Waals surface area contributed by atoms with Crippen molar-refractivity contribution >= 4 is 6.21 Å². The summed E-state index contributed by atoms with van der Waals surface area (Å²) in [7, 11) is 0. The fraction of sp³-hybridized carbons (Fsp3) is 0.364. The Hall–Kier alpha value is -2.08. The first-order valence-corrected chi connectivity index (χ1v) is 5.33. The van der Waals surface area contributed by atoms with Crippen LogP contribution >= 0.6 is 0 Å². The van der Waals surface area contributed by atoms with Crippen LogP contribution in [-0.2, 0) is 0 Å². The zero-order valence-electron chi connectivity index (χ0n) is 9.59. The summed E-state index contributed by atoms with van der Waals surface area (Å²) in [5, 5.41) is 34.2. The molecule has 0 saturated carbocycles. The molecule has 0 saturated heterocycles. The third kappa shape index (κ3) is 4.06. The van der Waals surface area contributed by atoms with Crippen LogP contribution in [0.2, 0.25) is 0 Å². The predicted octanol–water partition coefficient (Wildman–Crippen LogP) is 1.59. The van der Waals surface area contributed by atoms with Gasteiger partial charge >= 0.3 is 0 Å². The summed E-state index contributed by atoms with van der Waals surface area (Å²) in [4.78, 5) is 2.57. The van der Waals surface area contributed by atoms with Gasteiger partial charge in [-0.2, -0.15) is 0 Å². The second-order valence-electron chi connectivity index (χ2n) is 3.67. The fourth-order valence-corrected chi connectivity index (χ4v) is 1.50. The average Bonchev–Trinajstić information content (AvgIpc) is 2.39. The van der Waals surface area contributed by atoms with Crippen LogP contribution in [0.1, 0.15) is 23.7 Å². The Labute approximate surface area is 104 Å². The number of azide groups is 1. The van der Waals surface area contributed by atoms with E-state index in [0.717, 1.165) is 0 Å². The standard InChI is InChI=1S/C11H14N4O3/c12-15-13-5-4-10(16)11(17)9-3-1-2-8(6-9)7-14-18/h1-3,6-7,10-11,16-18H,4-5H2. The molecule has 0 fully saturated rings. The highest BCUT2D eigenvalue weighted by atomic mass is 16.4. The molecule has 0 aliphatic carbocycles. The molecular formula is C11H14N4O3. The monoisotopic (exact) mass is 250 g/mol. The lowest BCUT2D eigenvalue weighted by Crippen LogP contribution is -2.19. The van der Waals surface area contributed by atoms with Gasteiger partial charge in [0.15, 0.2) is 0 Å². The highest BCUT2D eigenvalue weighted by Crippen LogP contribution is 2.19. The molecule has 18 heavy (non-hydrogen) atoms. The molecule has 96 valence electrons. The molecule has 1 aromatic rings. The molecule has 0 bridgehead atoms. The van der Waals surface area contributed by atoms with Crippen molar-refractivity contribution in [2.45, 2.75) is 18.6 Å². The van der Waals surface area contributed by atoms with E-state index in [0.29, 0.717) is 11.1 Å². The van der Waals surface area contributed by atoms with Gasteiger partial charge in [0.2, 0.25) is 0 Å². The van der Waals surface area contributed by atoms with E-state index in [-0.39, 0.29) is 13.0 Å². The third-order valence-corrected chi connectivity index (χ3v) is 2.41. The van der Waals surface area contributed by atoms with Crippen molar-refractivity contribution in [3.8, 4) is 0 Å². The molecular weight excluding hydrogens is 236 g/mol. The largest absolute Gasteiger partial charge is 0.411 e. The maximum absolute atomic E-state index is 9.89. The molecule has 0 aliphatic heterocycles. The minimum absolute atomic E-state index is 0.118. The zero-order chi connectivity index (χ0) is 13.4. The number of nitrogens with zero attached hydrogens (tertiary/aromatic N) is 4. The minimum atomic E-state index is -1.08. The second-order valence-corrected chi connectivity index (χ2v) is 3.67. The maximum Gasteiger partial charge on any atom is 0.105 e. The van der Waals surface area contributed by atoms with Gasteiger partial charge in [-0.1, -0.05) is 28.5 Å². The van der Waals surface area contributed by atoms with Gasteiger partial charge in [0, 0.05) is 11.5 Å². The maximum atomic E-state index is 9.89. The SMILES string of the molecule is [N-]=[N+]=NCCC(O)C(O)c1cccc(C=NO)c1. The lowest BCUT2D eigenvalue weighted by Gasteiger charge is -2.17. The van der Waals surface area contributed by atoms with E-state index in [2.05, 4.69) is 15.2 Å². The van der Waals surface area contributed by atoms with E-state index in [1.165, 1.54) is 6.21 Å². The molecule has 0 radical (unpaired) electrons. The van der Waals surface area contributed by atoms with Crippen LogP contribution in [0.25, 0.3) is 10.4 Å². The summed E-state index contributed by atoms with van der Waals surface area (Å²) in [5.74, 6) is 0. The number of benzene rings is 1. The Bertz CT molecular complexity index is 457. The van der Waals surface area contributed by atoms with E-state index in [1.54, 1.807) is 24.3 Å². The van der Waals surface area contributed by atoms with Gasteiger partial charge in [0.1, 0.15) is 6.10 Å². The smallest absolute Gasteiger partial charge is 0.105 e. The molecule has 7 nitrogen and oxygen atoms in total. The van der Waals surface area contributed by atoms with Crippen LogP contribution in [0, 0.1) is 0 Å². The van der Waals surface area contributed by atoms with Gasteiger partial charge in [-0.3, -0.25) is 0 Å². The summed E-state index contributed by atoms with van der Waals surface area (Å²) >= 11 is 0. The molecule has 2 unspecified atom stereocenters. The molecule has 0 aromatic heterocycles. The highest BCUT2D eigenvalue weighted by molar-refractivity contribution is 5.79. The number of aliphatic hydroxyl groups excluding tert-OH is 2. The van der Waals surface area contributed by atoms with Crippen LogP contribution in [0.15, 0.2) is 34.5 Å². The summed E-state index contributed by atoms with van der Waals surface area (Å²) < 4.78 is 0. The van der Waals surface area contributed by atoms with Gasteiger partial charge in [-0.05, 0) is 29.1 Å². The van der Waals surface area contributed by atoms with Gasteiger partial charge < -0.3 is 15.4 Å². The van der Waals surface area contributed by atoms with E-state index < -0.39 is 12.2 Å². The van der Waals surface area contributed by atoms with Gasteiger partial charge in [-0.25, -0.2) is 0 Å². The van der Waals surface area contributed by atoms with Crippen LogP contribution < -0.4 is 0 Å². The Morgan fingerprint density at radius 3 is 2.83 bits per heavy atom. The number of hydrogen-bond donors (Lipinski definition) is 3. The van der Waals surface area contributed by atoms with E-state index in [4.69, 9.17) is 10.7 Å². The number of oxime groups is 1. The van der Waals surface area contributed by atoms with Crippen LogP contribution in [0.5, 0.6) is 0 Å².